The molecule has 6 nitrogen and oxygen atoms in total. The van der Waals surface area contributed by atoms with Gasteiger partial charge in [-0.05, 0) is 31.2 Å². The fourth-order valence-electron chi connectivity index (χ4n) is 2.43. The smallest absolute Gasteiger partial charge is 0.358 e. The molecule has 0 saturated heterocycles. The van der Waals surface area contributed by atoms with Crippen LogP contribution in [0.5, 0.6) is 0 Å². The first-order chi connectivity index (χ1) is 12.9. The first-order valence-electron chi connectivity index (χ1n) is 7.88. The largest absolute Gasteiger partial charge is 0.461 e. The first kappa shape index (κ1) is 18.7. The Labute approximate surface area is 153 Å². The van der Waals surface area contributed by atoms with Gasteiger partial charge < -0.3 is 4.74 Å². The minimum absolute atomic E-state index is 0.0283. The Balaban J connectivity index is 2.28. The molecule has 0 fully saturated rings. The lowest BCUT2D eigenvalue weighted by molar-refractivity contribution is 0.0519. The average Bonchev–Trinajstić information content (AvgIpc) is 3.08. The van der Waals surface area contributed by atoms with Gasteiger partial charge in [0, 0.05) is 6.07 Å². The van der Waals surface area contributed by atoms with Gasteiger partial charge in [-0.2, -0.15) is 5.10 Å². The number of carbonyl (C=O) groups is 1. The van der Waals surface area contributed by atoms with Crippen molar-refractivity contribution >= 4 is 15.8 Å². The Morgan fingerprint density at radius 1 is 1.07 bits per heavy atom. The number of halogens is 2. The first-order valence-corrected chi connectivity index (χ1v) is 9.36. The Bertz CT molecular complexity index is 1080. The van der Waals surface area contributed by atoms with Gasteiger partial charge >= 0.3 is 5.97 Å². The molecule has 0 amide bonds. The van der Waals surface area contributed by atoms with Crippen molar-refractivity contribution in [2.75, 3.05) is 6.61 Å². The number of benzene rings is 2. The van der Waals surface area contributed by atoms with Gasteiger partial charge in [0.1, 0.15) is 5.69 Å². The normalized spacial score (nSPS) is 11.4. The number of carbonyl (C=O) groups excluding carboxylic acids is 1. The van der Waals surface area contributed by atoms with Crippen molar-refractivity contribution < 1.29 is 26.7 Å². The number of sulfone groups is 1. The molecule has 3 rings (SSSR count). The van der Waals surface area contributed by atoms with E-state index in [-0.39, 0.29) is 17.2 Å². The van der Waals surface area contributed by atoms with E-state index >= 15 is 0 Å². The Morgan fingerprint density at radius 3 is 2.30 bits per heavy atom. The second-order valence-corrected chi connectivity index (χ2v) is 7.28. The van der Waals surface area contributed by atoms with Crippen molar-refractivity contribution in [1.29, 1.82) is 0 Å². The SMILES string of the molecule is CCOC(=O)c1cc(S(=O)(=O)c2ccccc2)n(-c2c(F)cccc2F)n1. The summed E-state index contributed by atoms with van der Waals surface area (Å²) in [6.07, 6.45) is 0. The fourth-order valence-corrected chi connectivity index (χ4v) is 3.82. The molecule has 0 aliphatic rings. The van der Waals surface area contributed by atoms with Gasteiger partial charge in [0.05, 0.1) is 11.5 Å². The maximum absolute atomic E-state index is 14.3. The molecule has 0 atom stereocenters. The average molecular weight is 392 g/mol. The molecule has 0 radical (unpaired) electrons. The summed E-state index contributed by atoms with van der Waals surface area (Å²) in [6, 6.07) is 11.3. The molecule has 0 spiro atoms. The van der Waals surface area contributed by atoms with Gasteiger partial charge in [0.25, 0.3) is 0 Å². The van der Waals surface area contributed by atoms with Crippen LogP contribution in [0.4, 0.5) is 8.78 Å². The number of aromatic nitrogens is 2. The quantitative estimate of drug-likeness (QED) is 0.624. The van der Waals surface area contributed by atoms with E-state index in [4.69, 9.17) is 4.74 Å². The molecule has 140 valence electrons. The lowest BCUT2D eigenvalue weighted by atomic mass is 10.3. The lowest BCUT2D eigenvalue weighted by Gasteiger charge is -2.10. The highest BCUT2D eigenvalue weighted by Gasteiger charge is 2.29. The molecule has 0 bridgehead atoms. The lowest BCUT2D eigenvalue weighted by Crippen LogP contribution is -2.13. The number of hydrogen-bond acceptors (Lipinski definition) is 5. The monoisotopic (exact) mass is 392 g/mol. The fraction of sp³-hybridized carbons (Fsp3) is 0.111. The topological polar surface area (TPSA) is 78.3 Å². The van der Waals surface area contributed by atoms with Crippen molar-refractivity contribution in [3.05, 3.63) is 71.9 Å². The molecule has 0 N–H and O–H groups in total. The van der Waals surface area contributed by atoms with Gasteiger partial charge in [0.15, 0.2) is 22.4 Å². The summed E-state index contributed by atoms with van der Waals surface area (Å²) < 4.78 is 59.9. The van der Waals surface area contributed by atoms with Crippen LogP contribution in [0.3, 0.4) is 0 Å². The molecular formula is C18H14F2N2O4S. The zero-order chi connectivity index (χ0) is 19.6. The van der Waals surface area contributed by atoms with Gasteiger partial charge in [-0.15, -0.1) is 0 Å². The van der Waals surface area contributed by atoms with E-state index in [0.29, 0.717) is 4.68 Å². The van der Waals surface area contributed by atoms with E-state index in [2.05, 4.69) is 5.10 Å². The summed E-state index contributed by atoms with van der Waals surface area (Å²) in [5, 5.41) is 3.24. The third-order valence-electron chi connectivity index (χ3n) is 3.64. The molecule has 2 aromatic carbocycles. The van der Waals surface area contributed by atoms with Crippen LogP contribution < -0.4 is 0 Å². The van der Waals surface area contributed by atoms with Crippen LogP contribution in [-0.4, -0.2) is 30.8 Å². The van der Waals surface area contributed by atoms with Crippen LogP contribution in [0.1, 0.15) is 17.4 Å². The maximum Gasteiger partial charge on any atom is 0.358 e. The number of para-hydroxylation sites is 1. The predicted octanol–water partition coefficient (Wildman–Crippen LogP) is 3.16. The van der Waals surface area contributed by atoms with Crippen LogP contribution in [0.15, 0.2) is 64.5 Å². The molecule has 9 heteroatoms. The third-order valence-corrected chi connectivity index (χ3v) is 5.37. The van der Waals surface area contributed by atoms with E-state index in [1.165, 1.54) is 24.3 Å². The number of hydrogen-bond donors (Lipinski definition) is 0. The van der Waals surface area contributed by atoms with E-state index in [0.717, 1.165) is 24.3 Å². The number of nitrogens with zero attached hydrogens (tertiary/aromatic N) is 2. The Hall–Kier alpha value is -3.07. The van der Waals surface area contributed by atoms with Gasteiger partial charge in [0.2, 0.25) is 9.84 Å². The van der Waals surface area contributed by atoms with Crippen LogP contribution in [0.2, 0.25) is 0 Å². The van der Waals surface area contributed by atoms with E-state index in [9.17, 15) is 22.0 Å². The number of ether oxygens (including phenoxy) is 1. The highest BCUT2D eigenvalue weighted by atomic mass is 32.2. The van der Waals surface area contributed by atoms with Gasteiger partial charge in [-0.3, -0.25) is 0 Å². The van der Waals surface area contributed by atoms with Crippen LogP contribution >= 0.6 is 0 Å². The standard InChI is InChI=1S/C18H14F2N2O4S/c1-2-26-18(23)15-11-16(27(24,25)12-7-4-3-5-8-12)22(21-15)17-13(19)9-6-10-14(17)20/h3-11H,2H2,1H3. The molecule has 1 aromatic heterocycles. The summed E-state index contributed by atoms with van der Waals surface area (Å²) in [6.45, 7) is 1.59. The summed E-state index contributed by atoms with van der Waals surface area (Å²) in [7, 11) is -4.22. The molecule has 3 aromatic rings. The molecule has 27 heavy (non-hydrogen) atoms. The van der Waals surface area contributed by atoms with Crippen LogP contribution in [-0.2, 0) is 14.6 Å². The third kappa shape index (κ3) is 3.45. The molecule has 0 saturated carbocycles. The summed E-state index contributed by atoms with van der Waals surface area (Å²) >= 11 is 0. The van der Waals surface area contributed by atoms with E-state index in [1.807, 2.05) is 0 Å². The zero-order valence-electron chi connectivity index (χ0n) is 14.1. The molecule has 0 unspecified atom stereocenters. The minimum Gasteiger partial charge on any atom is -0.461 e. The van der Waals surface area contributed by atoms with Gasteiger partial charge in [-0.1, -0.05) is 24.3 Å². The van der Waals surface area contributed by atoms with Crippen LogP contribution in [0, 0.1) is 11.6 Å². The second kappa shape index (κ2) is 7.28. The zero-order valence-corrected chi connectivity index (χ0v) is 14.9. The molecule has 0 aliphatic heterocycles. The number of esters is 1. The number of rotatable bonds is 5. The summed E-state index contributed by atoms with van der Waals surface area (Å²) in [4.78, 5) is 11.9. The molecule has 1 heterocycles. The van der Waals surface area contributed by atoms with Crippen molar-refractivity contribution in [1.82, 2.24) is 9.78 Å². The van der Waals surface area contributed by atoms with Crippen molar-refractivity contribution in [3.63, 3.8) is 0 Å². The highest BCUT2D eigenvalue weighted by molar-refractivity contribution is 7.91. The van der Waals surface area contributed by atoms with E-state index in [1.54, 1.807) is 13.0 Å². The predicted molar refractivity (Wildman–Crippen MR) is 91.3 cm³/mol. The van der Waals surface area contributed by atoms with Gasteiger partial charge in [-0.25, -0.2) is 26.7 Å². The Kier molecular flexibility index (Phi) is 5.04. The van der Waals surface area contributed by atoms with Crippen molar-refractivity contribution in [2.45, 2.75) is 16.8 Å². The van der Waals surface area contributed by atoms with E-state index < -0.39 is 38.2 Å². The molecular weight excluding hydrogens is 378 g/mol. The van der Waals surface area contributed by atoms with Crippen molar-refractivity contribution in [2.24, 2.45) is 0 Å². The summed E-state index contributed by atoms with van der Waals surface area (Å²) in [5.41, 5.74) is -1.09. The summed E-state index contributed by atoms with van der Waals surface area (Å²) in [5.74, 6) is -2.96. The minimum atomic E-state index is -4.22. The Morgan fingerprint density at radius 2 is 1.70 bits per heavy atom. The highest BCUT2D eigenvalue weighted by Crippen LogP contribution is 2.27. The van der Waals surface area contributed by atoms with Crippen LogP contribution in [0.25, 0.3) is 5.69 Å². The second-order valence-electron chi connectivity index (χ2n) is 5.39. The molecule has 0 aliphatic carbocycles. The maximum atomic E-state index is 14.3. The van der Waals surface area contributed by atoms with Crippen molar-refractivity contribution in [3.8, 4) is 5.69 Å².